The predicted octanol–water partition coefficient (Wildman–Crippen LogP) is 3.02. The first-order chi connectivity index (χ1) is 15.8. The van der Waals surface area contributed by atoms with Crippen LogP contribution in [0.3, 0.4) is 0 Å². The Labute approximate surface area is 195 Å². The number of hydrogen-bond donors (Lipinski definition) is 1. The molecule has 2 aliphatic heterocycles. The third-order valence-corrected chi connectivity index (χ3v) is 8.42. The molecule has 0 aromatic heterocycles. The molecule has 7 nitrogen and oxygen atoms in total. The van der Waals surface area contributed by atoms with Crippen molar-refractivity contribution in [3.8, 4) is 0 Å². The molecule has 33 heavy (non-hydrogen) atoms. The van der Waals surface area contributed by atoms with Gasteiger partial charge in [-0.05, 0) is 54.2 Å². The monoisotopic (exact) mass is 469 g/mol. The van der Waals surface area contributed by atoms with E-state index in [9.17, 15) is 18.0 Å². The van der Waals surface area contributed by atoms with E-state index in [1.807, 2.05) is 24.3 Å². The molecule has 2 heterocycles. The molecule has 0 aliphatic carbocycles. The second-order valence-corrected chi connectivity index (χ2v) is 10.7. The van der Waals surface area contributed by atoms with E-state index in [1.54, 1.807) is 18.2 Å². The van der Waals surface area contributed by atoms with Crippen LogP contribution in [-0.4, -0.2) is 43.7 Å². The van der Waals surface area contributed by atoms with E-state index in [0.29, 0.717) is 37.3 Å². The van der Waals surface area contributed by atoms with Crippen LogP contribution in [0.25, 0.3) is 0 Å². The van der Waals surface area contributed by atoms with Crippen molar-refractivity contribution in [2.75, 3.05) is 18.0 Å². The Kier molecular flexibility index (Phi) is 6.86. The molecule has 176 valence electrons. The van der Waals surface area contributed by atoms with Crippen molar-refractivity contribution in [3.05, 3.63) is 59.2 Å². The minimum atomic E-state index is -3.58. The van der Waals surface area contributed by atoms with Crippen molar-refractivity contribution in [3.63, 3.8) is 0 Å². The molecule has 1 atom stereocenters. The Bertz CT molecular complexity index is 1140. The largest absolute Gasteiger partial charge is 0.350 e. The van der Waals surface area contributed by atoms with Crippen LogP contribution in [0, 0.1) is 0 Å². The highest BCUT2D eigenvalue weighted by atomic mass is 32.2. The molecule has 1 N–H and O–H groups in total. The Balaban J connectivity index is 1.52. The molecule has 1 saturated heterocycles. The van der Waals surface area contributed by atoms with Crippen molar-refractivity contribution in [1.82, 2.24) is 9.62 Å². The topological polar surface area (TPSA) is 86.8 Å². The fraction of sp³-hybridized carbons (Fsp3) is 0.440. The van der Waals surface area contributed by atoms with Crippen molar-refractivity contribution in [1.29, 1.82) is 0 Å². The van der Waals surface area contributed by atoms with Gasteiger partial charge in [0.25, 0.3) is 0 Å². The summed E-state index contributed by atoms with van der Waals surface area (Å²) in [5, 5.41) is 2.94. The van der Waals surface area contributed by atoms with Crippen molar-refractivity contribution >= 4 is 27.5 Å². The van der Waals surface area contributed by atoms with Gasteiger partial charge in [-0.1, -0.05) is 37.6 Å². The molecule has 0 radical (unpaired) electrons. The molecule has 8 heteroatoms. The quantitative estimate of drug-likeness (QED) is 0.705. The summed E-state index contributed by atoms with van der Waals surface area (Å²) in [5.41, 5.74) is 3.53. The summed E-state index contributed by atoms with van der Waals surface area (Å²) >= 11 is 0. The number of amides is 2. The van der Waals surface area contributed by atoms with Crippen molar-refractivity contribution < 1.29 is 18.0 Å². The zero-order valence-electron chi connectivity index (χ0n) is 19.2. The Morgan fingerprint density at radius 1 is 1.00 bits per heavy atom. The van der Waals surface area contributed by atoms with Gasteiger partial charge in [0, 0.05) is 38.7 Å². The van der Waals surface area contributed by atoms with Gasteiger partial charge in [0.2, 0.25) is 21.8 Å². The number of anilines is 1. The highest BCUT2D eigenvalue weighted by Gasteiger charge is 2.38. The van der Waals surface area contributed by atoms with E-state index < -0.39 is 16.1 Å². The van der Waals surface area contributed by atoms with Gasteiger partial charge in [-0.25, -0.2) is 8.42 Å². The summed E-state index contributed by atoms with van der Waals surface area (Å²) in [6.07, 6.45) is 4.02. The number of sulfonamides is 1. The van der Waals surface area contributed by atoms with Crippen LogP contribution in [0.5, 0.6) is 0 Å². The number of piperidine rings is 1. The van der Waals surface area contributed by atoms with Gasteiger partial charge in [0.1, 0.15) is 6.04 Å². The maximum absolute atomic E-state index is 13.1. The van der Waals surface area contributed by atoms with Crippen molar-refractivity contribution in [2.24, 2.45) is 0 Å². The number of fused-ring (bicyclic) bond motifs is 1. The fourth-order valence-electron chi connectivity index (χ4n) is 4.64. The third kappa shape index (κ3) is 4.82. The number of carbonyl (C=O) groups is 2. The maximum Gasteiger partial charge on any atom is 0.243 e. The number of hydrogen-bond acceptors (Lipinski definition) is 4. The molecule has 1 fully saturated rings. The number of benzene rings is 2. The minimum Gasteiger partial charge on any atom is -0.350 e. The first-order valence-electron chi connectivity index (χ1n) is 11.6. The Morgan fingerprint density at radius 2 is 1.67 bits per heavy atom. The average Bonchev–Trinajstić information content (AvgIpc) is 3.22. The Morgan fingerprint density at radius 3 is 2.30 bits per heavy atom. The number of nitrogens with zero attached hydrogens (tertiary/aromatic N) is 2. The van der Waals surface area contributed by atoms with E-state index in [4.69, 9.17) is 0 Å². The lowest BCUT2D eigenvalue weighted by atomic mass is 10.1. The SMILES string of the molecule is CCc1ccc(CNC(=O)C2Cc3cc(S(=O)(=O)N4CCCCC4)ccc3N2C(C)=O)cc1. The maximum atomic E-state index is 13.1. The molecule has 1 unspecified atom stereocenters. The first kappa shape index (κ1) is 23.4. The lowest BCUT2D eigenvalue weighted by Gasteiger charge is -2.26. The second kappa shape index (κ2) is 9.65. The van der Waals surface area contributed by atoms with Crippen molar-refractivity contribution in [2.45, 2.75) is 63.4 Å². The zero-order valence-corrected chi connectivity index (χ0v) is 20.0. The summed E-state index contributed by atoms with van der Waals surface area (Å²) in [4.78, 5) is 27.1. The molecule has 2 aromatic carbocycles. The molecular formula is C25H31N3O4S. The zero-order chi connectivity index (χ0) is 23.6. The molecule has 2 amide bonds. The second-order valence-electron chi connectivity index (χ2n) is 8.75. The number of carbonyl (C=O) groups excluding carboxylic acids is 2. The van der Waals surface area contributed by atoms with Gasteiger partial charge in [0.05, 0.1) is 4.90 Å². The average molecular weight is 470 g/mol. The molecule has 0 saturated carbocycles. The van der Waals surface area contributed by atoms with Gasteiger partial charge in [0.15, 0.2) is 0 Å². The summed E-state index contributed by atoms with van der Waals surface area (Å²) in [6.45, 7) is 4.95. The Hall–Kier alpha value is -2.71. The summed E-state index contributed by atoms with van der Waals surface area (Å²) in [7, 11) is -3.58. The van der Waals surface area contributed by atoms with E-state index in [0.717, 1.165) is 31.2 Å². The lowest BCUT2D eigenvalue weighted by Crippen LogP contribution is -2.47. The van der Waals surface area contributed by atoms with Gasteiger partial charge < -0.3 is 5.32 Å². The van der Waals surface area contributed by atoms with E-state index in [-0.39, 0.29) is 16.7 Å². The summed E-state index contributed by atoms with van der Waals surface area (Å²) in [5.74, 6) is -0.491. The number of aryl methyl sites for hydroxylation is 1. The van der Waals surface area contributed by atoms with Gasteiger partial charge in [-0.15, -0.1) is 0 Å². The molecule has 4 rings (SSSR count). The molecule has 2 aromatic rings. The van der Waals surface area contributed by atoms with Crippen LogP contribution in [-0.2, 0) is 39.0 Å². The third-order valence-electron chi connectivity index (χ3n) is 6.53. The van der Waals surface area contributed by atoms with Crippen LogP contribution >= 0.6 is 0 Å². The van der Waals surface area contributed by atoms with Crippen LogP contribution < -0.4 is 10.2 Å². The summed E-state index contributed by atoms with van der Waals surface area (Å²) in [6, 6.07) is 12.2. The normalized spacial score (nSPS) is 18.7. The highest BCUT2D eigenvalue weighted by Crippen LogP contribution is 2.35. The highest BCUT2D eigenvalue weighted by molar-refractivity contribution is 7.89. The predicted molar refractivity (Wildman–Crippen MR) is 127 cm³/mol. The van der Waals surface area contributed by atoms with Crippen LogP contribution in [0.2, 0.25) is 0 Å². The lowest BCUT2D eigenvalue weighted by molar-refractivity contribution is -0.125. The number of nitrogens with one attached hydrogen (secondary N) is 1. The number of rotatable bonds is 6. The van der Waals surface area contributed by atoms with Gasteiger partial charge in [-0.2, -0.15) is 4.31 Å². The van der Waals surface area contributed by atoms with E-state index in [1.165, 1.54) is 21.7 Å². The minimum absolute atomic E-state index is 0.226. The van der Waals surface area contributed by atoms with Crippen LogP contribution in [0.15, 0.2) is 47.4 Å². The van der Waals surface area contributed by atoms with E-state index in [2.05, 4.69) is 12.2 Å². The summed E-state index contributed by atoms with van der Waals surface area (Å²) < 4.78 is 27.7. The van der Waals surface area contributed by atoms with Gasteiger partial charge >= 0.3 is 0 Å². The molecule has 2 aliphatic rings. The fourth-order valence-corrected chi connectivity index (χ4v) is 6.21. The van der Waals surface area contributed by atoms with Gasteiger partial charge in [-0.3, -0.25) is 14.5 Å². The first-order valence-corrected chi connectivity index (χ1v) is 13.0. The van der Waals surface area contributed by atoms with E-state index >= 15 is 0 Å². The molecule has 0 spiro atoms. The standard InChI is InChI=1S/C25H31N3O4S/c1-3-19-7-9-20(10-8-19)17-26-25(30)24-16-21-15-22(11-12-23(21)28(24)18(2)29)33(31,32)27-13-5-4-6-14-27/h7-12,15,24H,3-6,13-14,16-17H2,1-2H3,(H,26,30). The molecule has 0 bridgehead atoms. The molecular weight excluding hydrogens is 438 g/mol. The van der Waals surface area contributed by atoms with Crippen LogP contribution in [0.1, 0.15) is 49.8 Å². The smallest absolute Gasteiger partial charge is 0.243 e. The van der Waals surface area contributed by atoms with Crippen LogP contribution in [0.4, 0.5) is 5.69 Å².